The maximum Gasteiger partial charge on any atom is 0.411 e. The van der Waals surface area contributed by atoms with E-state index in [0.717, 1.165) is 11.1 Å². The monoisotopic (exact) mass is 567 g/mol. The Hall–Kier alpha value is -2.05. The number of halogens is 4. The number of hydrogen-bond donors (Lipinski definition) is 3. The van der Waals surface area contributed by atoms with E-state index in [1.807, 2.05) is 25.1 Å². The summed E-state index contributed by atoms with van der Waals surface area (Å²) in [4.78, 5) is 4.49. The van der Waals surface area contributed by atoms with Crippen molar-refractivity contribution in [3.8, 4) is 5.75 Å². The quantitative estimate of drug-likeness (QED) is 0.228. The van der Waals surface area contributed by atoms with Crippen molar-refractivity contribution in [3.63, 3.8) is 0 Å². The molecule has 0 radical (unpaired) electrons. The molecule has 0 saturated carbocycles. The van der Waals surface area contributed by atoms with Gasteiger partial charge >= 0.3 is 6.18 Å². The van der Waals surface area contributed by atoms with Gasteiger partial charge in [0.2, 0.25) is 0 Å². The van der Waals surface area contributed by atoms with Gasteiger partial charge in [0.1, 0.15) is 12.4 Å². The summed E-state index contributed by atoms with van der Waals surface area (Å²) in [7, 11) is 1.57. The third-order valence-corrected chi connectivity index (χ3v) is 4.26. The molecule has 0 amide bonds. The van der Waals surface area contributed by atoms with Crippen LogP contribution in [0.4, 0.5) is 13.2 Å². The molecule has 10 heteroatoms. The highest BCUT2D eigenvalue weighted by Gasteiger charge is 2.27. The SMILES string of the molecule is CCNC(=NCc1ccc(COCC(F)(F)F)cc1)NCC(O)c1cccc(OC)c1.I. The highest BCUT2D eigenvalue weighted by Crippen LogP contribution is 2.18. The third kappa shape index (κ3) is 10.5. The number of alkyl halides is 3. The number of nitrogens with one attached hydrogen (secondary N) is 2. The zero-order chi connectivity index (χ0) is 22.7. The molecule has 6 nitrogen and oxygen atoms in total. The van der Waals surface area contributed by atoms with Gasteiger partial charge in [-0.2, -0.15) is 13.2 Å². The van der Waals surface area contributed by atoms with Crippen LogP contribution in [0.15, 0.2) is 53.5 Å². The first-order chi connectivity index (χ1) is 14.8. The number of methoxy groups -OCH3 is 1. The highest BCUT2D eigenvalue weighted by molar-refractivity contribution is 14.0. The van der Waals surface area contributed by atoms with Gasteiger partial charge < -0.3 is 25.2 Å². The number of rotatable bonds is 10. The van der Waals surface area contributed by atoms with Crippen molar-refractivity contribution in [2.24, 2.45) is 4.99 Å². The lowest BCUT2D eigenvalue weighted by Gasteiger charge is -2.16. The molecular weight excluding hydrogens is 538 g/mol. The van der Waals surface area contributed by atoms with E-state index in [-0.39, 0.29) is 37.1 Å². The Bertz CT molecular complexity index is 833. The van der Waals surface area contributed by atoms with Gasteiger partial charge in [-0.25, -0.2) is 4.99 Å². The maximum atomic E-state index is 12.1. The molecule has 2 aromatic rings. The maximum absolute atomic E-state index is 12.1. The van der Waals surface area contributed by atoms with E-state index in [9.17, 15) is 18.3 Å². The molecule has 0 aliphatic carbocycles. The summed E-state index contributed by atoms with van der Waals surface area (Å²) in [5.41, 5.74) is 2.28. The summed E-state index contributed by atoms with van der Waals surface area (Å²) in [5.74, 6) is 1.21. The zero-order valence-corrected chi connectivity index (χ0v) is 20.3. The molecular formula is C22H29F3IN3O3. The number of guanidine groups is 1. The number of aliphatic hydroxyl groups is 1. The van der Waals surface area contributed by atoms with Crippen molar-refractivity contribution in [1.82, 2.24) is 10.6 Å². The van der Waals surface area contributed by atoms with Crippen molar-refractivity contribution in [2.75, 3.05) is 26.8 Å². The van der Waals surface area contributed by atoms with Crippen LogP contribution in [0.5, 0.6) is 5.75 Å². The van der Waals surface area contributed by atoms with Crippen LogP contribution < -0.4 is 15.4 Å². The van der Waals surface area contributed by atoms with Crippen LogP contribution in [-0.2, 0) is 17.9 Å². The Labute approximate surface area is 203 Å². The summed E-state index contributed by atoms with van der Waals surface area (Å²) in [5, 5.41) is 16.6. The van der Waals surface area contributed by atoms with Crippen molar-refractivity contribution >= 4 is 29.9 Å². The minimum atomic E-state index is -4.33. The molecule has 0 aliphatic heterocycles. The van der Waals surface area contributed by atoms with Gasteiger partial charge in [0.05, 0.1) is 26.4 Å². The number of ether oxygens (including phenoxy) is 2. The van der Waals surface area contributed by atoms with E-state index in [1.165, 1.54) is 0 Å². The molecule has 3 N–H and O–H groups in total. The number of aliphatic imine (C=N–C) groups is 1. The van der Waals surface area contributed by atoms with E-state index in [4.69, 9.17) is 4.74 Å². The second-order valence-corrected chi connectivity index (χ2v) is 6.79. The molecule has 0 saturated heterocycles. The predicted octanol–water partition coefficient (Wildman–Crippen LogP) is 4.18. The lowest BCUT2D eigenvalue weighted by Crippen LogP contribution is -2.39. The fraction of sp³-hybridized carbons (Fsp3) is 0.409. The van der Waals surface area contributed by atoms with Crippen molar-refractivity contribution in [3.05, 3.63) is 65.2 Å². The smallest absolute Gasteiger partial charge is 0.411 e. The van der Waals surface area contributed by atoms with Crippen LogP contribution in [-0.4, -0.2) is 44.0 Å². The molecule has 32 heavy (non-hydrogen) atoms. The van der Waals surface area contributed by atoms with Crippen LogP contribution in [0.25, 0.3) is 0 Å². The molecule has 2 rings (SSSR count). The van der Waals surface area contributed by atoms with Gasteiger partial charge in [-0.1, -0.05) is 36.4 Å². The van der Waals surface area contributed by atoms with Gasteiger partial charge in [0.25, 0.3) is 0 Å². The minimum absolute atomic E-state index is 0. The van der Waals surface area contributed by atoms with E-state index in [2.05, 4.69) is 20.4 Å². The first kappa shape index (κ1) is 28.0. The molecule has 0 bridgehead atoms. The Kier molecular flexibility index (Phi) is 12.4. The fourth-order valence-corrected chi connectivity index (χ4v) is 2.70. The second kappa shape index (κ2) is 14.2. The number of benzene rings is 2. The van der Waals surface area contributed by atoms with Gasteiger partial charge in [0, 0.05) is 13.1 Å². The molecule has 0 spiro atoms. The van der Waals surface area contributed by atoms with Crippen LogP contribution in [0.1, 0.15) is 29.7 Å². The van der Waals surface area contributed by atoms with Gasteiger partial charge in [-0.15, -0.1) is 24.0 Å². The van der Waals surface area contributed by atoms with Crippen LogP contribution in [0.3, 0.4) is 0 Å². The zero-order valence-electron chi connectivity index (χ0n) is 18.0. The first-order valence-corrected chi connectivity index (χ1v) is 9.87. The second-order valence-electron chi connectivity index (χ2n) is 6.79. The lowest BCUT2D eigenvalue weighted by molar-refractivity contribution is -0.176. The Morgan fingerprint density at radius 1 is 1.09 bits per heavy atom. The average molecular weight is 567 g/mol. The van der Waals surface area contributed by atoms with Crippen LogP contribution in [0, 0.1) is 0 Å². The third-order valence-electron chi connectivity index (χ3n) is 4.26. The van der Waals surface area contributed by atoms with E-state index < -0.39 is 18.9 Å². The summed E-state index contributed by atoms with van der Waals surface area (Å²) in [6.45, 7) is 1.85. The molecule has 178 valence electrons. The summed E-state index contributed by atoms with van der Waals surface area (Å²) < 4.78 is 46.2. The van der Waals surface area contributed by atoms with Crippen molar-refractivity contribution in [2.45, 2.75) is 32.4 Å². The average Bonchev–Trinajstić information content (AvgIpc) is 2.75. The number of aliphatic hydroxyl groups excluding tert-OH is 1. The highest BCUT2D eigenvalue weighted by atomic mass is 127. The Morgan fingerprint density at radius 2 is 1.78 bits per heavy atom. The normalized spacial score (nSPS) is 12.6. The molecule has 1 atom stereocenters. The van der Waals surface area contributed by atoms with Gasteiger partial charge in [0.15, 0.2) is 5.96 Å². The Morgan fingerprint density at radius 3 is 2.41 bits per heavy atom. The molecule has 0 heterocycles. The molecule has 0 aliphatic rings. The molecule has 1 unspecified atom stereocenters. The fourth-order valence-electron chi connectivity index (χ4n) is 2.70. The van der Waals surface area contributed by atoms with E-state index >= 15 is 0 Å². The molecule has 2 aromatic carbocycles. The van der Waals surface area contributed by atoms with Crippen LogP contribution in [0.2, 0.25) is 0 Å². The molecule has 0 fully saturated rings. The van der Waals surface area contributed by atoms with Crippen molar-refractivity contribution in [1.29, 1.82) is 0 Å². The first-order valence-electron chi connectivity index (χ1n) is 9.87. The standard InChI is InChI=1S/C22H28F3N3O3.HI/c1-3-26-21(28-13-20(29)18-5-4-6-19(11-18)30-2)27-12-16-7-9-17(10-8-16)14-31-15-22(23,24)25;/h4-11,20,29H,3,12-15H2,1-2H3,(H2,26,27,28);1H. The predicted molar refractivity (Wildman–Crippen MR) is 128 cm³/mol. The van der Waals surface area contributed by atoms with Gasteiger partial charge in [-0.3, -0.25) is 0 Å². The van der Waals surface area contributed by atoms with Crippen molar-refractivity contribution < 1.29 is 27.8 Å². The summed E-state index contributed by atoms with van der Waals surface area (Å²) in [6, 6.07) is 14.2. The van der Waals surface area contributed by atoms with E-state index in [1.54, 1.807) is 37.4 Å². The van der Waals surface area contributed by atoms with Gasteiger partial charge in [-0.05, 0) is 35.7 Å². The van der Waals surface area contributed by atoms with E-state index in [0.29, 0.717) is 30.4 Å². The number of nitrogens with zero attached hydrogens (tertiary/aromatic N) is 1. The summed E-state index contributed by atoms with van der Waals surface area (Å²) >= 11 is 0. The largest absolute Gasteiger partial charge is 0.497 e. The summed E-state index contributed by atoms with van der Waals surface area (Å²) in [6.07, 6.45) is -5.07. The lowest BCUT2D eigenvalue weighted by atomic mass is 10.1. The minimum Gasteiger partial charge on any atom is -0.497 e. The van der Waals surface area contributed by atoms with Crippen LogP contribution >= 0.6 is 24.0 Å². The topological polar surface area (TPSA) is 75.1 Å². The molecule has 0 aromatic heterocycles. The Balaban J connectivity index is 0.00000512. The number of hydrogen-bond acceptors (Lipinski definition) is 4.